The number of H-pyrrole nitrogens is 1. The molecule has 0 spiro atoms. The average molecular weight is 1090 g/mol. The summed E-state index contributed by atoms with van der Waals surface area (Å²) in [4.78, 5) is 26.3. The predicted molar refractivity (Wildman–Crippen MR) is 286 cm³/mol. The number of carbonyl (C=O) groups excluding carboxylic acids is 2. The van der Waals surface area contributed by atoms with E-state index in [0.29, 0.717) is 69.1 Å². The van der Waals surface area contributed by atoms with E-state index in [1.807, 2.05) is 28.1 Å². The lowest BCUT2D eigenvalue weighted by Crippen LogP contribution is -2.58. The molecule has 0 saturated heterocycles. The summed E-state index contributed by atoms with van der Waals surface area (Å²) < 4.78 is 70.1. The molecule has 12 nitrogen and oxygen atoms in total. The Bertz CT molecular complexity index is 2670. The van der Waals surface area contributed by atoms with Crippen LogP contribution in [0.4, 0.5) is 8.78 Å². The van der Waals surface area contributed by atoms with Crippen molar-refractivity contribution in [3.63, 3.8) is 0 Å². The highest BCUT2D eigenvalue weighted by Gasteiger charge is 2.65. The van der Waals surface area contributed by atoms with Crippen molar-refractivity contribution in [2.24, 2.45) is 80.8 Å². The van der Waals surface area contributed by atoms with E-state index >= 15 is 0 Å². The van der Waals surface area contributed by atoms with Crippen LogP contribution in [0, 0.1) is 92.5 Å². The van der Waals surface area contributed by atoms with Crippen LogP contribution in [-0.2, 0) is 25.6 Å². The number of ketones is 2. The average Bonchev–Trinajstić information content (AvgIpc) is 4.31. The normalized spacial score (nSPS) is 41.7. The standard InChI is InChI=1S/C29H40FN3O3.C23H37BrO3.C6H4FN3.3H2/c1-27(35)13-14-29(17-36-3)18(15-27)7-8-19-20-9-10-22(28(20,2)12-11-21(19)29)25(34)16-33-24-6-4-5-23(30)26(24)31-32-33;1-21(26)10-11-23(14-27-3)15(12-21)4-5-16-17-6-7-19(20(25)13-24)22(17,2)9-8-18(16)23;7-4-2-1-3-5-6(4)9-10-8-5;;;/h4-6,18-22,35H,7-17H2,1-3H3;15-19,26H,4-14H2,1-3H3;1-3H,(H,8,9,10);3*1H/t18-,19+,20+,21+,22-,27-,28+,29-;15-,16+,17+,18+,19-,21-,22+,23-;;;;/m11..../s1/i;;;3*1+1D. The Morgan fingerprint density at radius 3 is 1.73 bits per heavy atom. The number of fused-ring (bicyclic) bond motifs is 12. The maximum atomic E-state index is 14.1. The highest BCUT2D eigenvalue weighted by atomic mass is 79.9. The highest BCUT2D eigenvalue weighted by Crippen LogP contribution is 2.70. The van der Waals surface area contributed by atoms with Crippen LogP contribution in [0.15, 0.2) is 36.4 Å². The van der Waals surface area contributed by atoms with Crippen LogP contribution in [-0.4, -0.2) is 96.1 Å². The van der Waals surface area contributed by atoms with Crippen molar-refractivity contribution in [1.82, 2.24) is 30.4 Å². The Morgan fingerprint density at radius 2 is 1.21 bits per heavy atom. The second kappa shape index (κ2) is 20.3. The minimum absolute atomic E-state index is 0.00113. The molecular weight excluding hydrogens is 995 g/mol. The Kier molecular flexibility index (Phi) is 13.7. The number of aliphatic hydroxyl groups is 2. The number of benzene rings is 2. The first kappa shape index (κ1) is 49.3. The summed E-state index contributed by atoms with van der Waals surface area (Å²) in [5.74, 6) is 5.21. The first-order chi connectivity index (χ1) is 37.8. The lowest BCUT2D eigenvalue weighted by atomic mass is 9.43. The van der Waals surface area contributed by atoms with Crippen LogP contribution in [0.1, 0.15) is 152 Å². The van der Waals surface area contributed by atoms with Crippen molar-refractivity contribution in [3.8, 4) is 0 Å². The summed E-state index contributed by atoms with van der Waals surface area (Å²) in [6, 6.07) is 9.45. The predicted octanol–water partition coefficient (Wildman–Crippen LogP) is 12.0. The zero-order valence-electron chi connectivity index (χ0n) is 50.2. The second-order valence-corrected chi connectivity index (χ2v) is 26.3. The van der Waals surface area contributed by atoms with Gasteiger partial charge in [-0.25, -0.2) is 13.5 Å². The molecule has 8 saturated carbocycles. The molecule has 3 N–H and O–H groups in total. The number of alkyl halides is 1. The van der Waals surface area contributed by atoms with Crippen molar-refractivity contribution in [3.05, 3.63) is 48.0 Å². The summed E-state index contributed by atoms with van der Waals surface area (Å²) >= 11 is 3.43. The number of ether oxygens (including phenoxy) is 2. The molecule has 4 aromatic rings. The Balaban J connectivity index is 0.000000184. The number of nitrogens with one attached hydrogen (secondary N) is 1. The van der Waals surface area contributed by atoms with Crippen molar-refractivity contribution < 1.29 is 47.0 Å². The van der Waals surface area contributed by atoms with E-state index < -0.39 is 17.0 Å². The zero-order chi connectivity index (χ0) is 57.7. The molecule has 0 radical (unpaired) electrons. The van der Waals surface area contributed by atoms with Crippen LogP contribution in [0.5, 0.6) is 0 Å². The van der Waals surface area contributed by atoms with Crippen molar-refractivity contribution in [1.29, 1.82) is 0 Å². The summed E-state index contributed by atoms with van der Waals surface area (Å²) in [5.41, 5.74) is 1.21. The Hall–Kier alpha value is -3.24. The van der Waals surface area contributed by atoms with E-state index in [9.17, 15) is 28.6 Å². The molecule has 0 bridgehead atoms. The van der Waals surface area contributed by atoms with E-state index in [4.69, 9.17) is 18.4 Å². The molecule has 8 fully saturated rings. The molecule has 0 aliphatic heterocycles. The van der Waals surface area contributed by atoms with Gasteiger partial charge >= 0.3 is 0 Å². The van der Waals surface area contributed by atoms with Crippen LogP contribution in [0.2, 0.25) is 0 Å². The molecule has 0 unspecified atom stereocenters. The van der Waals surface area contributed by atoms with E-state index in [1.165, 1.54) is 50.7 Å². The molecule has 406 valence electrons. The van der Waals surface area contributed by atoms with E-state index in [1.54, 1.807) is 28.9 Å². The van der Waals surface area contributed by atoms with Crippen molar-refractivity contribution in [2.45, 2.75) is 161 Å². The Morgan fingerprint density at radius 1 is 0.685 bits per heavy atom. The fourth-order valence-corrected chi connectivity index (χ4v) is 19.3. The SMILES string of the molecule is COC[C@]12CC[C@@](C)(O)C[C@H]1CC[C@H]1[C@@H]3CC[C@H](C(=O)CBr)[C@@]3(C)CC[C@@H]12.COC[C@]12CC[C@@](C)(O)C[C@H]1CC[C@H]1[C@@H]3CC[C@H](C(=O)Cn4nnc5c(F)cccc54)[C@@]3(C)CC[C@@H]12.Fc1cccc2n[nH]nc12.[2H][2H].[2H][2H].[2H][2H]. The van der Waals surface area contributed by atoms with Crippen LogP contribution in [0.25, 0.3) is 22.1 Å². The number of rotatable bonds is 9. The minimum Gasteiger partial charge on any atom is -0.390 e. The van der Waals surface area contributed by atoms with Gasteiger partial charge in [0, 0.05) is 35.0 Å². The first-order valence-corrected chi connectivity index (χ1v) is 28.9. The molecule has 16 atom stereocenters. The van der Waals surface area contributed by atoms with Gasteiger partial charge in [-0.05, 0) is 223 Å². The van der Waals surface area contributed by atoms with Crippen LogP contribution < -0.4 is 0 Å². The van der Waals surface area contributed by atoms with E-state index in [0.717, 1.165) is 96.2 Å². The number of para-hydroxylation sites is 1. The molecule has 15 heteroatoms. The largest absolute Gasteiger partial charge is 0.390 e. The van der Waals surface area contributed by atoms with Gasteiger partial charge in [0.05, 0.1) is 35.3 Å². The molecule has 8 aliphatic carbocycles. The third-order valence-corrected chi connectivity index (χ3v) is 22.7. The summed E-state index contributed by atoms with van der Waals surface area (Å²) in [6.07, 6.45) is 19.6. The third-order valence-electron chi connectivity index (χ3n) is 22.1. The van der Waals surface area contributed by atoms with Crippen LogP contribution >= 0.6 is 15.9 Å². The van der Waals surface area contributed by atoms with Gasteiger partial charge in [0.15, 0.2) is 17.4 Å². The van der Waals surface area contributed by atoms with Gasteiger partial charge in [0.2, 0.25) is 0 Å². The number of halogens is 3. The summed E-state index contributed by atoms with van der Waals surface area (Å²) in [5, 5.41) is 39.8. The minimum atomic E-state index is -0.558. The van der Waals surface area contributed by atoms with Gasteiger partial charge in [-0.2, -0.15) is 15.4 Å². The van der Waals surface area contributed by atoms with Gasteiger partial charge < -0.3 is 19.7 Å². The maximum absolute atomic E-state index is 14.1. The maximum Gasteiger partial charge on any atom is 0.157 e. The fraction of sp³-hybridized carbons (Fsp3) is 0.759. The molecule has 2 heterocycles. The van der Waals surface area contributed by atoms with Gasteiger partial charge in [-0.1, -0.05) is 47.1 Å². The summed E-state index contributed by atoms with van der Waals surface area (Å²) in [7, 11) is 3.69. The molecule has 0 amide bonds. The highest BCUT2D eigenvalue weighted by molar-refractivity contribution is 9.09. The second-order valence-electron chi connectivity index (χ2n) is 25.7. The lowest BCUT2D eigenvalue weighted by molar-refractivity contribution is -0.175. The number of aromatic amines is 1. The zero-order valence-corrected chi connectivity index (χ0v) is 45.8. The lowest BCUT2D eigenvalue weighted by Gasteiger charge is -2.62. The number of aromatic nitrogens is 6. The van der Waals surface area contributed by atoms with Crippen molar-refractivity contribution >= 4 is 49.6 Å². The molecule has 8 aliphatic rings. The monoisotopic (exact) mass is 1090 g/mol. The van der Waals surface area contributed by atoms with Crippen LogP contribution in [0.3, 0.4) is 0 Å². The topological polar surface area (TPSA) is 165 Å². The van der Waals surface area contributed by atoms with E-state index in [2.05, 4.69) is 55.5 Å². The smallest absolute Gasteiger partial charge is 0.157 e. The molecule has 2 aromatic heterocycles. The number of carbonyl (C=O) groups is 2. The molecule has 2 aromatic carbocycles. The Labute approximate surface area is 448 Å². The third kappa shape index (κ3) is 9.28. The van der Waals surface area contributed by atoms with Gasteiger partial charge in [-0.3, -0.25) is 9.59 Å². The molecule has 12 rings (SSSR count). The van der Waals surface area contributed by atoms with E-state index in [-0.39, 0.29) is 57.2 Å². The number of Topliss-reactive ketones (excluding diaryl/α,β-unsaturated/α-hetero) is 2. The number of hydrogen-bond acceptors (Lipinski definition) is 10. The molecule has 73 heavy (non-hydrogen) atoms. The number of nitrogens with zero attached hydrogens (tertiary/aromatic N) is 5. The summed E-state index contributed by atoms with van der Waals surface area (Å²) in [6.45, 7) is 10.6. The van der Waals surface area contributed by atoms with Gasteiger partial charge in [0.1, 0.15) is 28.9 Å². The number of hydrogen-bond donors (Lipinski definition) is 3. The number of methoxy groups -OCH3 is 2. The van der Waals surface area contributed by atoms with Gasteiger partial charge in [-0.15, -0.1) is 5.10 Å². The molecular formula is C58H87BrF2N6O6. The van der Waals surface area contributed by atoms with Gasteiger partial charge in [0.25, 0.3) is 0 Å². The van der Waals surface area contributed by atoms with Crippen molar-refractivity contribution in [2.75, 3.05) is 32.8 Å². The first-order valence-electron chi connectivity index (χ1n) is 30.8. The quantitative estimate of drug-likeness (QED) is 0.137. The fourth-order valence-electron chi connectivity index (χ4n) is 18.9.